The number of aromatic nitrogens is 2. The third kappa shape index (κ3) is 4.17. The molecular weight excluding hydrogens is 416 g/mol. The number of nitrogens with one attached hydrogen (secondary N) is 1. The zero-order valence-corrected chi connectivity index (χ0v) is 17.8. The third-order valence-electron chi connectivity index (χ3n) is 4.92. The summed E-state index contributed by atoms with van der Waals surface area (Å²) in [6.45, 7) is 0. The van der Waals surface area contributed by atoms with Gasteiger partial charge in [-0.15, -0.1) is 11.3 Å². The fraction of sp³-hybridized carbons (Fsp3) is 0. The summed E-state index contributed by atoms with van der Waals surface area (Å²) in [5, 5.41) is 6.00. The molecule has 6 heteroatoms. The first kappa shape index (κ1) is 19.8. The molecule has 0 unspecified atom stereocenters. The summed E-state index contributed by atoms with van der Waals surface area (Å²) in [5.41, 5.74) is 7.97. The van der Waals surface area contributed by atoms with Crippen molar-refractivity contribution in [3.8, 4) is 22.5 Å². The van der Waals surface area contributed by atoms with Crippen LogP contribution in [0.3, 0.4) is 0 Å². The van der Waals surface area contributed by atoms with Crippen LogP contribution in [-0.4, -0.2) is 22.1 Å². The second-order valence-corrected chi connectivity index (χ2v) is 8.05. The smallest absolute Gasteiger partial charge is 0.267 e. The Morgan fingerprint density at radius 2 is 1.44 bits per heavy atom. The summed E-state index contributed by atoms with van der Waals surface area (Å²) in [4.78, 5) is 23.4. The molecule has 0 spiro atoms. The average molecular weight is 435 g/mol. The molecule has 0 aliphatic rings. The zero-order chi connectivity index (χ0) is 21.8. The second-order valence-electron chi connectivity index (χ2n) is 7.07. The predicted octanol–water partition coefficient (Wildman–Crippen LogP) is 5.79. The molecule has 5 nitrogen and oxygen atoms in total. The number of carbonyl (C=O) groups excluding carboxylic acids is 1. The van der Waals surface area contributed by atoms with Crippen molar-refractivity contribution in [1.29, 1.82) is 0 Å². The Morgan fingerprint density at radius 1 is 0.781 bits per heavy atom. The van der Waals surface area contributed by atoms with Gasteiger partial charge in [0.05, 0.1) is 28.6 Å². The maximum atomic E-state index is 12.6. The normalized spacial score (nSPS) is 11.1. The zero-order valence-electron chi connectivity index (χ0n) is 17.0. The maximum Gasteiger partial charge on any atom is 0.271 e. The van der Waals surface area contributed by atoms with E-state index in [9.17, 15) is 4.79 Å². The van der Waals surface area contributed by atoms with E-state index in [0.29, 0.717) is 11.1 Å². The van der Waals surface area contributed by atoms with E-state index < -0.39 is 0 Å². The largest absolute Gasteiger partial charge is 0.271 e. The molecule has 0 bridgehead atoms. The second kappa shape index (κ2) is 8.91. The van der Waals surface area contributed by atoms with Crippen molar-refractivity contribution in [1.82, 2.24) is 15.4 Å². The summed E-state index contributed by atoms with van der Waals surface area (Å²) in [5.74, 6) is -0.296. The number of hydrazone groups is 1. The summed E-state index contributed by atoms with van der Waals surface area (Å²) in [6, 6.07) is 29.1. The predicted molar refractivity (Wildman–Crippen MR) is 130 cm³/mol. The van der Waals surface area contributed by atoms with Crippen molar-refractivity contribution in [3.05, 3.63) is 107 Å². The van der Waals surface area contributed by atoms with Gasteiger partial charge in [0.1, 0.15) is 0 Å². The number of rotatable bonds is 5. The summed E-state index contributed by atoms with van der Waals surface area (Å²) < 4.78 is 0. The van der Waals surface area contributed by atoms with Crippen molar-refractivity contribution in [2.24, 2.45) is 5.10 Å². The Balaban J connectivity index is 1.54. The molecule has 3 aromatic carbocycles. The van der Waals surface area contributed by atoms with Crippen molar-refractivity contribution in [3.63, 3.8) is 0 Å². The molecule has 1 N–H and O–H groups in total. The van der Waals surface area contributed by atoms with Gasteiger partial charge in [0.25, 0.3) is 5.91 Å². The average Bonchev–Trinajstić information content (AvgIpc) is 3.37. The number of hydrogen-bond acceptors (Lipinski definition) is 5. The number of amides is 1. The molecule has 0 radical (unpaired) electrons. The van der Waals surface area contributed by atoms with Crippen LogP contribution in [0.2, 0.25) is 0 Å². The number of nitrogens with zero attached hydrogens (tertiary/aromatic N) is 3. The number of hydrogen-bond donors (Lipinski definition) is 1. The van der Waals surface area contributed by atoms with E-state index in [2.05, 4.69) is 10.5 Å². The standard InChI is InChI=1S/C26H18N4OS/c31-26(30-27-17-21-12-7-15-32-21)20-13-14-22-23(16-20)29-25(19-10-5-2-6-11-19)24(28-22)18-8-3-1-4-9-18/h1-17H,(H,30,31). The van der Waals surface area contributed by atoms with Gasteiger partial charge in [-0.05, 0) is 29.6 Å². The Labute approximate surface area is 189 Å². The molecule has 5 rings (SSSR count). The highest BCUT2D eigenvalue weighted by Crippen LogP contribution is 2.31. The first-order chi connectivity index (χ1) is 15.8. The Bertz CT molecular complexity index is 1400. The van der Waals surface area contributed by atoms with Gasteiger partial charge >= 0.3 is 0 Å². The highest BCUT2D eigenvalue weighted by molar-refractivity contribution is 7.11. The number of fused-ring (bicyclic) bond motifs is 1. The molecule has 0 saturated heterocycles. The van der Waals surface area contributed by atoms with Crippen molar-refractivity contribution in [2.75, 3.05) is 0 Å². The fourth-order valence-electron chi connectivity index (χ4n) is 3.37. The van der Waals surface area contributed by atoms with E-state index >= 15 is 0 Å². The van der Waals surface area contributed by atoms with Crippen LogP contribution in [0.15, 0.2) is 101 Å². The molecule has 32 heavy (non-hydrogen) atoms. The number of benzene rings is 3. The molecule has 5 aromatic rings. The van der Waals surface area contributed by atoms with Gasteiger partial charge in [-0.25, -0.2) is 15.4 Å². The molecule has 2 heterocycles. The van der Waals surface area contributed by atoms with Crippen LogP contribution in [0.25, 0.3) is 33.5 Å². The Kier molecular flexibility index (Phi) is 5.51. The number of thiophene rings is 1. The van der Waals surface area contributed by atoms with Gasteiger partial charge < -0.3 is 0 Å². The molecule has 2 aromatic heterocycles. The molecule has 0 fully saturated rings. The molecule has 1 amide bonds. The Hall–Kier alpha value is -4.16. The van der Waals surface area contributed by atoms with Gasteiger partial charge in [-0.2, -0.15) is 5.10 Å². The van der Waals surface area contributed by atoms with E-state index in [4.69, 9.17) is 9.97 Å². The van der Waals surface area contributed by atoms with E-state index in [1.165, 1.54) is 0 Å². The van der Waals surface area contributed by atoms with Crippen molar-refractivity contribution in [2.45, 2.75) is 0 Å². The highest BCUT2D eigenvalue weighted by Gasteiger charge is 2.14. The van der Waals surface area contributed by atoms with E-state index in [1.54, 1.807) is 29.7 Å². The van der Waals surface area contributed by atoms with Gasteiger partial charge in [0, 0.05) is 21.6 Å². The first-order valence-electron chi connectivity index (χ1n) is 10.1. The van der Waals surface area contributed by atoms with Crippen LogP contribution < -0.4 is 5.43 Å². The molecular formula is C26H18N4OS. The molecule has 0 saturated carbocycles. The SMILES string of the molecule is O=C(NN=Cc1cccs1)c1ccc2nc(-c3ccccc3)c(-c3ccccc3)nc2c1. The van der Waals surface area contributed by atoms with Crippen LogP contribution >= 0.6 is 11.3 Å². The van der Waals surface area contributed by atoms with E-state index in [0.717, 1.165) is 32.9 Å². The van der Waals surface area contributed by atoms with E-state index in [1.807, 2.05) is 84.2 Å². The molecule has 0 atom stereocenters. The van der Waals surface area contributed by atoms with Gasteiger partial charge in [0.2, 0.25) is 0 Å². The van der Waals surface area contributed by atoms with Crippen molar-refractivity contribution < 1.29 is 4.79 Å². The van der Waals surface area contributed by atoms with Crippen molar-refractivity contribution >= 4 is 34.5 Å². The lowest BCUT2D eigenvalue weighted by Crippen LogP contribution is -2.17. The molecule has 0 aliphatic heterocycles. The Morgan fingerprint density at radius 3 is 2.06 bits per heavy atom. The highest BCUT2D eigenvalue weighted by atomic mass is 32.1. The lowest BCUT2D eigenvalue weighted by Gasteiger charge is -2.11. The monoisotopic (exact) mass is 434 g/mol. The lowest BCUT2D eigenvalue weighted by atomic mass is 10.0. The number of carbonyl (C=O) groups is 1. The lowest BCUT2D eigenvalue weighted by molar-refractivity contribution is 0.0955. The van der Waals surface area contributed by atoms with Crippen LogP contribution in [0.4, 0.5) is 0 Å². The van der Waals surface area contributed by atoms with Crippen LogP contribution in [0.5, 0.6) is 0 Å². The summed E-state index contributed by atoms with van der Waals surface area (Å²) in [7, 11) is 0. The molecule has 0 aliphatic carbocycles. The minimum Gasteiger partial charge on any atom is -0.267 e. The topological polar surface area (TPSA) is 67.2 Å². The quantitative estimate of drug-likeness (QED) is 0.281. The minimum atomic E-state index is -0.296. The van der Waals surface area contributed by atoms with Crippen LogP contribution in [-0.2, 0) is 0 Å². The van der Waals surface area contributed by atoms with Gasteiger partial charge in [-0.1, -0.05) is 66.7 Å². The van der Waals surface area contributed by atoms with Crippen LogP contribution in [0, 0.1) is 0 Å². The summed E-state index contributed by atoms with van der Waals surface area (Å²) in [6.07, 6.45) is 1.63. The van der Waals surface area contributed by atoms with Crippen LogP contribution in [0.1, 0.15) is 15.2 Å². The minimum absolute atomic E-state index is 0.296. The third-order valence-corrected chi connectivity index (χ3v) is 5.73. The van der Waals surface area contributed by atoms with Gasteiger partial charge in [-0.3, -0.25) is 4.79 Å². The maximum absolute atomic E-state index is 12.6. The summed E-state index contributed by atoms with van der Waals surface area (Å²) >= 11 is 1.55. The molecule has 154 valence electrons. The fourth-order valence-corrected chi connectivity index (χ4v) is 3.96. The van der Waals surface area contributed by atoms with E-state index in [-0.39, 0.29) is 5.91 Å². The first-order valence-corrected chi connectivity index (χ1v) is 11.0. The van der Waals surface area contributed by atoms with Gasteiger partial charge in [0.15, 0.2) is 0 Å².